The van der Waals surface area contributed by atoms with Crippen molar-refractivity contribution in [1.82, 2.24) is 4.40 Å². The van der Waals surface area contributed by atoms with Crippen molar-refractivity contribution in [3.05, 3.63) is 222 Å². The largest absolute Gasteiger partial charge is 0.456 e. The van der Waals surface area contributed by atoms with Crippen molar-refractivity contribution in [3.63, 3.8) is 0 Å². The Morgan fingerprint density at radius 1 is 0.477 bits per heavy atom. The van der Waals surface area contributed by atoms with Gasteiger partial charge in [-0.1, -0.05) is 146 Å². The smallest absolute Gasteiger partial charge is 0.143 e. The van der Waals surface area contributed by atoms with Gasteiger partial charge in [0, 0.05) is 71.6 Å². The Balaban J connectivity index is 0.886. The lowest BCUT2D eigenvalue weighted by atomic mass is 10.0. The predicted octanol–water partition coefficient (Wildman–Crippen LogP) is 15.6. The molecule has 13 aromatic rings. The zero-order valence-corrected chi connectivity index (χ0v) is 35.6. The third-order valence-electron chi connectivity index (χ3n) is 13.3. The lowest BCUT2D eigenvalue weighted by Gasteiger charge is -2.26. The number of nitrogens with zero attached hydrogens (tertiary/aromatic N) is 2. The molecule has 0 saturated carbocycles. The van der Waals surface area contributed by atoms with Crippen LogP contribution >= 0.6 is 0 Å². The minimum Gasteiger partial charge on any atom is -0.456 e. The Labute approximate surface area is 374 Å². The molecule has 0 unspecified atom stereocenters. The number of rotatable bonds is 7. The normalized spacial score (nSPS) is 12.6. The van der Waals surface area contributed by atoms with Gasteiger partial charge in [0.1, 0.15) is 22.3 Å². The zero-order valence-electron chi connectivity index (χ0n) is 35.6. The highest BCUT2D eigenvalue weighted by molar-refractivity contribution is 6.15. The molecule has 0 spiro atoms. The molecule has 4 heteroatoms. The minimum absolute atomic E-state index is 0.834. The second-order valence-corrected chi connectivity index (χ2v) is 17.0. The molecular formula is C61H40N2O2. The molecule has 0 aliphatic rings. The Morgan fingerprint density at radius 2 is 1.08 bits per heavy atom. The van der Waals surface area contributed by atoms with E-state index in [2.05, 4.69) is 223 Å². The van der Waals surface area contributed by atoms with Gasteiger partial charge in [-0.05, 0) is 101 Å². The van der Waals surface area contributed by atoms with E-state index in [1.165, 1.54) is 38.3 Å². The molecule has 4 nitrogen and oxygen atoms in total. The van der Waals surface area contributed by atoms with Gasteiger partial charge >= 0.3 is 0 Å². The van der Waals surface area contributed by atoms with Crippen LogP contribution in [0.5, 0.6) is 0 Å². The van der Waals surface area contributed by atoms with Crippen molar-refractivity contribution in [1.29, 1.82) is 0 Å². The Kier molecular flexibility index (Phi) is 8.24. The van der Waals surface area contributed by atoms with Crippen LogP contribution in [0.1, 0.15) is 12.5 Å². The molecule has 0 aliphatic carbocycles. The maximum Gasteiger partial charge on any atom is 0.143 e. The lowest BCUT2D eigenvalue weighted by molar-refractivity contribution is 0.668. The van der Waals surface area contributed by atoms with Crippen LogP contribution in [-0.2, 0) is 0 Å². The van der Waals surface area contributed by atoms with Crippen molar-refractivity contribution in [2.24, 2.45) is 0 Å². The third-order valence-corrected chi connectivity index (χ3v) is 13.3. The predicted molar refractivity (Wildman–Crippen MR) is 273 cm³/mol. The summed E-state index contributed by atoms with van der Waals surface area (Å²) in [5, 5.41) is 10.3. The molecule has 0 radical (unpaired) electrons. The van der Waals surface area contributed by atoms with E-state index in [1.54, 1.807) is 0 Å². The Bertz CT molecular complexity index is 4130. The first-order chi connectivity index (χ1) is 32.1. The van der Waals surface area contributed by atoms with E-state index in [9.17, 15) is 0 Å². The van der Waals surface area contributed by atoms with Crippen molar-refractivity contribution in [3.8, 4) is 22.3 Å². The highest BCUT2D eigenvalue weighted by Gasteiger charge is 2.19. The molecule has 0 fully saturated rings. The number of hydrogen-bond donors (Lipinski definition) is 0. The summed E-state index contributed by atoms with van der Waals surface area (Å²) in [5.41, 5.74) is 15.8. The van der Waals surface area contributed by atoms with Gasteiger partial charge in [-0.2, -0.15) is 0 Å². The number of hydrogen-bond acceptors (Lipinski definition) is 3. The van der Waals surface area contributed by atoms with Crippen LogP contribution in [0.2, 0.25) is 0 Å². The number of anilines is 3. The fourth-order valence-corrected chi connectivity index (χ4v) is 10.1. The van der Waals surface area contributed by atoms with Crippen LogP contribution in [0.4, 0.5) is 17.1 Å². The molecule has 9 aromatic carbocycles. The van der Waals surface area contributed by atoms with Crippen molar-refractivity contribution >= 4 is 106 Å². The third kappa shape index (κ3) is 5.85. The number of aromatic nitrogens is 1. The van der Waals surface area contributed by atoms with E-state index in [-0.39, 0.29) is 0 Å². The monoisotopic (exact) mass is 832 g/mol. The lowest BCUT2D eigenvalue weighted by Crippen LogP contribution is -2.24. The number of furan rings is 2. The molecule has 0 bridgehead atoms. The fourth-order valence-electron chi connectivity index (χ4n) is 10.1. The van der Waals surface area contributed by atoms with Gasteiger partial charge < -0.3 is 18.1 Å². The molecule has 13 rings (SSSR count). The van der Waals surface area contributed by atoms with Gasteiger partial charge in [0.2, 0.25) is 0 Å². The first-order valence-corrected chi connectivity index (χ1v) is 22.1. The first kappa shape index (κ1) is 37.0. The van der Waals surface area contributed by atoms with E-state index in [1.807, 2.05) is 12.1 Å². The molecule has 4 heterocycles. The standard InChI is InChI=1S/C61H40N2O2/c1-38(22-35-55-39(2)47-16-10-18-53-49-14-6-8-20-56(49)63(55)60(47)53)43-27-33-51-52-34-32-46(37-59(52)64-58(51)36-43)62(44-28-23-41(24-29-44)40-12-4-3-5-13-40)45-30-25-42(26-31-45)48-17-11-19-54-50-15-7-9-21-57(50)65-61(48)54/h3-37H,2H2,1H3/b38-22+,55-35+. The summed E-state index contributed by atoms with van der Waals surface area (Å²) >= 11 is 0. The van der Waals surface area contributed by atoms with E-state index in [4.69, 9.17) is 8.83 Å². The molecule has 306 valence electrons. The molecule has 0 atom stereocenters. The van der Waals surface area contributed by atoms with Crippen LogP contribution in [0.25, 0.3) is 112 Å². The molecule has 0 amide bonds. The van der Waals surface area contributed by atoms with E-state index in [0.717, 1.165) is 93.8 Å². The zero-order chi connectivity index (χ0) is 43.2. The van der Waals surface area contributed by atoms with E-state index in [0.29, 0.717) is 0 Å². The Morgan fingerprint density at radius 3 is 1.89 bits per heavy atom. The van der Waals surface area contributed by atoms with Crippen LogP contribution in [0, 0.1) is 0 Å². The minimum atomic E-state index is 0.834. The van der Waals surface area contributed by atoms with Crippen molar-refractivity contribution in [2.45, 2.75) is 6.92 Å². The van der Waals surface area contributed by atoms with Gasteiger partial charge in [-0.15, -0.1) is 0 Å². The highest BCUT2D eigenvalue weighted by atomic mass is 16.3. The Hall–Kier alpha value is -8.60. The molecule has 0 N–H and O–H groups in total. The van der Waals surface area contributed by atoms with Gasteiger partial charge in [-0.25, -0.2) is 0 Å². The van der Waals surface area contributed by atoms with Crippen molar-refractivity contribution in [2.75, 3.05) is 4.90 Å². The van der Waals surface area contributed by atoms with E-state index < -0.39 is 0 Å². The molecule has 65 heavy (non-hydrogen) atoms. The first-order valence-electron chi connectivity index (χ1n) is 22.1. The number of fused-ring (bicyclic) bond motifs is 9. The maximum atomic E-state index is 6.74. The summed E-state index contributed by atoms with van der Waals surface area (Å²) in [7, 11) is 0. The second-order valence-electron chi connectivity index (χ2n) is 17.0. The molecule has 4 aromatic heterocycles. The number of allylic oxidation sites excluding steroid dienone is 2. The SMILES string of the molecule is C=c1/c(=C\C=C(/C)c2ccc3c(c2)oc2cc(N(c4ccc(-c5ccccc5)cc4)c4ccc(-c5cccc6c5oc5ccccc56)cc4)ccc23)n2c3ccccc3c3cccc1c32. The summed E-state index contributed by atoms with van der Waals surface area (Å²) in [4.78, 5) is 2.30. The molecular weight excluding hydrogens is 793 g/mol. The van der Waals surface area contributed by atoms with E-state index >= 15 is 0 Å². The average Bonchev–Trinajstić information content (AvgIpc) is 4.10. The number of benzene rings is 9. The summed E-state index contributed by atoms with van der Waals surface area (Å²) < 4.78 is 15.5. The summed E-state index contributed by atoms with van der Waals surface area (Å²) in [6.07, 6.45) is 4.42. The fraction of sp³-hybridized carbons (Fsp3) is 0.0164. The van der Waals surface area contributed by atoms with Gasteiger partial charge in [0.05, 0.1) is 16.4 Å². The topological polar surface area (TPSA) is 33.9 Å². The average molecular weight is 833 g/mol. The quantitative estimate of drug-likeness (QED) is 0.160. The molecule has 0 aliphatic heterocycles. The summed E-state index contributed by atoms with van der Waals surface area (Å²) in [6.45, 7) is 6.70. The van der Waals surface area contributed by atoms with Gasteiger partial charge in [0.25, 0.3) is 0 Å². The second kappa shape index (κ2) is 14.5. The van der Waals surface area contributed by atoms with Crippen LogP contribution < -0.4 is 15.5 Å². The van der Waals surface area contributed by atoms with Crippen LogP contribution in [0.15, 0.2) is 215 Å². The van der Waals surface area contributed by atoms with Gasteiger partial charge in [-0.3, -0.25) is 0 Å². The summed E-state index contributed by atoms with van der Waals surface area (Å²) in [6, 6.07) is 71.0. The molecule has 0 saturated heterocycles. The highest BCUT2D eigenvalue weighted by Crippen LogP contribution is 2.42. The van der Waals surface area contributed by atoms with Gasteiger partial charge in [0.15, 0.2) is 0 Å². The summed E-state index contributed by atoms with van der Waals surface area (Å²) in [5.74, 6) is 0. The number of para-hydroxylation sites is 4. The van der Waals surface area contributed by atoms with Crippen LogP contribution in [0.3, 0.4) is 0 Å². The van der Waals surface area contributed by atoms with Crippen LogP contribution in [-0.4, -0.2) is 4.40 Å². The maximum absolute atomic E-state index is 6.74. The van der Waals surface area contributed by atoms with Crippen molar-refractivity contribution < 1.29 is 8.83 Å².